The van der Waals surface area contributed by atoms with Gasteiger partial charge in [0.25, 0.3) is 0 Å². The fourth-order valence-corrected chi connectivity index (χ4v) is 3.17. The Labute approximate surface area is 127 Å². The molecule has 2 nitrogen and oxygen atoms in total. The second-order valence-electron chi connectivity index (χ2n) is 6.50. The van der Waals surface area contributed by atoms with Crippen molar-refractivity contribution in [3.8, 4) is 6.07 Å². The zero-order valence-corrected chi connectivity index (χ0v) is 13.4. The van der Waals surface area contributed by atoms with Gasteiger partial charge in [0.2, 0.25) is 0 Å². The maximum absolute atomic E-state index is 14.0. The van der Waals surface area contributed by atoms with E-state index in [-0.39, 0.29) is 11.0 Å². The summed E-state index contributed by atoms with van der Waals surface area (Å²) in [5, 5.41) is 20.1. The third-order valence-corrected chi connectivity index (χ3v) is 4.99. The third kappa shape index (κ3) is 2.89. The Morgan fingerprint density at radius 3 is 2.40 bits per heavy atom. The highest BCUT2D eigenvalue weighted by molar-refractivity contribution is 9.10. The van der Waals surface area contributed by atoms with Crippen LogP contribution >= 0.6 is 15.9 Å². The van der Waals surface area contributed by atoms with E-state index in [9.17, 15) is 14.8 Å². The molecule has 1 saturated carbocycles. The first-order valence-corrected chi connectivity index (χ1v) is 7.63. The van der Waals surface area contributed by atoms with E-state index in [1.165, 1.54) is 6.07 Å². The summed E-state index contributed by atoms with van der Waals surface area (Å²) in [6.07, 6.45) is 1.88. The molecule has 0 amide bonds. The molecular formula is C16H19BrFNO. The number of rotatable bonds is 2. The lowest BCUT2D eigenvalue weighted by Gasteiger charge is -2.42. The average Bonchev–Trinajstić information content (AvgIpc) is 2.39. The van der Waals surface area contributed by atoms with Gasteiger partial charge in [-0.25, -0.2) is 4.39 Å². The van der Waals surface area contributed by atoms with Gasteiger partial charge in [0, 0.05) is 10.0 Å². The number of nitrogens with zero attached hydrogens (tertiary/aromatic N) is 1. The van der Waals surface area contributed by atoms with E-state index in [4.69, 9.17) is 0 Å². The van der Waals surface area contributed by atoms with Gasteiger partial charge in [0.05, 0.1) is 11.5 Å². The second kappa shape index (κ2) is 5.46. The zero-order chi connectivity index (χ0) is 15.0. The van der Waals surface area contributed by atoms with Gasteiger partial charge < -0.3 is 5.11 Å². The first-order chi connectivity index (χ1) is 9.30. The minimum atomic E-state index is -1.07. The Bertz CT molecular complexity index is 540. The van der Waals surface area contributed by atoms with Crippen molar-refractivity contribution in [2.45, 2.75) is 45.6 Å². The molecule has 1 aliphatic carbocycles. The Kier molecular flexibility index (Phi) is 4.22. The van der Waals surface area contributed by atoms with Crippen molar-refractivity contribution in [2.24, 2.45) is 10.8 Å². The Hall–Kier alpha value is -0.920. The van der Waals surface area contributed by atoms with Gasteiger partial charge >= 0.3 is 0 Å². The molecule has 1 aromatic rings. The fraction of sp³-hybridized carbons (Fsp3) is 0.562. The van der Waals surface area contributed by atoms with Crippen molar-refractivity contribution in [1.29, 1.82) is 5.26 Å². The molecule has 0 saturated heterocycles. The second-order valence-corrected chi connectivity index (χ2v) is 7.42. The van der Waals surface area contributed by atoms with Crippen molar-refractivity contribution in [1.82, 2.24) is 0 Å². The summed E-state index contributed by atoms with van der Waals surface area (Å²) in [6, 6.07) is 6.85. The Morgan fingerprint density at radius 1 is 1.30 bits per heavy atom. The minimum Gasteiger partial charge on any atom is -0.387 e. The Morgan fingerprint density at radius 2 is 1.90 bits per heavy atom. The van der Waals surface area contributed by atoms with Gasteiger partial charge in [-0.2, -0.15) is 5.26 Å². The number of hydrogen-bond acceptors (Lipinski definition) is 2. The first-order valence-electron chi connectivity index (χ1n) is 6.84. The fourth-order valence-electron chi connectivity index (χ4n) is 2.84. The molecule has 1 N–H and O–H groups in total. The van der Waals surface area contributed by atoms with E-state index in [1.54, 1.807) is 12.1 Å². The van der Waals surface area contributed by atoms with Gasteiger partial charge in [-0.15, -0.1) is 0 Å². The highest BCUT2D eigenvalue weighted by Gasteiger charge is 2.45. The SMILES string of the molecule is CC1(C)CCC(C#N)(C(O)c2ccc(Br)cc2F)CC1. The van der Waals surface area contributed by atoms with Gasteiger partial charge in [-0.1, -0.05) is 35.8 Å². The van der Waals surface area contributed by atoms with Crippen LogP contribution in [0.15, 0.2) is 22.7 Å². The van der Waals surface area contributed by atoms with Crippen molar-refractivity contribution in [3.63, 3.8) is 0 Å². The van der Waals surface area contributed by atoms with Crippen molar-refractivity contribution >= 4 is 15.9 Å². The van der Waals surface area contributed by atoms with Crippen molar-refractivity contribution in [2.75, 3.05) is 0 Å². The summed E-state index contributed by atoms with van der Waals surface area (Å²) in [4.78, 5) is 0. The van der Waals surface area contributed by atoms with Gasteiger partial charge in [0.1, 0.15) is 11.9 Å². The molecule has 0 spiro atoms. The molecule has 0 radical (unpaired) electrons. The number of aliphatic hydroxyl groups is 1. The van der Waals surface area contributed by atoms with Gasteiger partial charge in [0.15, 0.2) is 0 Å². The molecule has 4 heteroatoms. The van der Waals surface area contributed by atoms with Gasteiger partial charge in [-0.05, 0) is 43.2 Å². The number of aliphatic hydroxyl groups excluding tert-OH is 1. The van der Waals surface area contributed by atoms with E-state index in [0.29, 0.717) is 17.3 Å². The van der Waals surface area contributed by atoms with E-state index in [1.807, 2.05) is 0 Å². The molecule has 108 valence electrons. The molecule has 0 aromatic heterocycles. The van der Waals surface area contributed by atoms with E-state index in [2.05, 4.69) is 35.8 Å². The predicted octanol–water partition coefficient (Wildman–Crippen LogP) is 4.73. The molecule has 1 atom stereocenters. The predicted molar refractivity (Wildman–Crippen MR) is 79.4 cm³/mol. The highest BCUT2D eigenvalue weighted by Crippen LogP contribution is 2.51. The van der Waals surface area contributed by atoms with E-state index in [0.717, 1.165) is 12.8 Å². The Balaban J connectivity index is 2.31. The largest absolute Gasteiger partial charge is 0.387 e. The standard InChI is InChI=1S/C16H19BrFNO/c1-15(2)5-7-16(10-19,8-6-15)14(20)12-4-3-11(17)9-13(12)18/h3-4,9,14,20H,5-8H2,1-2H3. The topological polar surface area (TPSA) is 44.0 Å². The van der Waals surface area contributed by atoms with Crippen LogP contribution in [-0.2, 0) is 0 Å². The molecule has 1 fully saturated rings. The van der Waals surface area contributed by atoms with Crippen LogP contribution in [-0.4, -0.2) is 5.11 Å². The van der Waals surface area contributed by atoms with Crippen LogP contribution in [0.1, 0.15) is 51.2 Å². The maximum atomic E-state index is 14.0. The van der Waals surface area contributed by atoms with Crippen LogP contribution in [0.2, 0.25) is 0 Å². The van der Waals surface area contributed by atoms with Crippen molar-refractivity contribution in [3.05, 3.63) is 34.1 Å². The van der Waals surface area contributed by atoms with Crippen LogP contribution in [0.3, 0.4) is 0 Å². The molecule has 0 bridgehead atoms. The summed E-state index contributed by atoms with van der Waals surface area (Å²) in [7, 11) is 0. The molecule has 2 rings (SSSR count). The lowest BCUT2D eigenvalue weighted by Crippen LogP contribution is -2.35. The number of halogens is 2. The number of hydrogen-bond donors (Lipinski definition) is 1. The maximum Gasteiger partial charge on any atom is 0.130 e. The average molecular weight is 340 g/mol. The van der Waals surface area contributed by atoms with Crippen LogP contribution in [0.5, 0.6) is 0 Å². The summed E-state index contributed by atoms with van der Waals surface area (Å²) in [5.41, 5.74) is -0.461. The zero-order valence-electron chi connectivity index (χ0n) is 11.8. The molecule has 1 aromatic carbocycles. The normalized spacial score (nSPS) is 22.0. The monoisotopic (exact) mass is 339 g/mol. The van der Waals surface area contributed by atoms with E-state index >= 15 is 0 Å². The molecule has 1 unspecified atom stereocenters. The summed E-state index contributed by atoms with van der Waals surface area (Å²) in [6.45, 7) is 4.34. The van der Waals surface area contributed by atoms with Crippen LogP contribution in [0, 0.1) is 28.0 Å². The van der Waals surface area contributed by atoms with E-state index < -0.39 is 17.3 Å². The molecule has 1 aliphatic rings. The van der Waals surface area contributed by atoms with Crippen molar-refractivity contribution < 1.29 is 9.50 Å². The number of benzene rings is 1. The number of nitriles is 1. The lowest BCUT2D eigenvalue weighted by molar-refractivity contribution is 0.00752. The minimum absolute atomic E-state index is 0.193. The lowest BCUT2D eigenvalue weighted by atomic mass is 9.62. The smallest absolute Gasteiger partial charge is 0.130 e. The molecule has 0 heterocycles. The van der Waals surface area contributed by atoms with Crippen LogP contribution < -0.4 is 0 Å². The quantitative estimate of drug-likeness (QED) is 0.846. The third-order valence-electron chi connectivity index (χ3n) is 4.50. The summed E-state index contributed by atoms with van der Waals surface area (Å²) < 4.78 is 14.6. The highest BCUT2D eigenvalue weighted by atomic mass is 79.9. The summed E-state index contributed by atoms with van der Waals surface area (Å²) in [5.74, 6) is -0.466. The summed E-state index contributed by atoms with van der Waals surface area (Å²) >= 11 is 3.20. The molecule has 20 heavy (non-hydrogen) atoms. The molecule has 0 aliphatic heterocycles. The first kappa shape index (κ1) is 15.5. The molecular weight excluding hydrogens is 321 g/mol. The van der Waals surface area contributed by atoms with Crippen LogP contribution in [0.4, 0.5) is 4.39 Å². The van der Waals surface area contributed by atoms with Gasteiger partial charge in [-0.3, -0.25) is 0 Å². The van der Waals surface area contributed by atoms with Crippen LogP contribution in [0.25, 0.3) is 0 Å².